The van der Waals surface area contributed by atoms with E-state index >= 15 is 0 Å². The normalized spacial score (nSPS) is 19.9. The van der Waals surface area contributed by atoms with Crippen LogP contribution in [0.3, 0.4) is 0 Å². The zero-order valence-electron chi connectivity index (χ0n) is 10.2. The number of nitro groups is 1. The topological polar surface area (TPSA) is 82.2 Å². The first-order valence-corrected chi connectivity index (χ1v) is 5.89. The van der Waals surface area contributed by atoms with Gasteiger partial charge in [-0.05, 0) is 12.1 Å². The molecule has 1 saturated heterocycles. The second-order valence-corrected chi connectivity index (χ2v) is 4.35. The van der Waals surface area contributed by atoms with Gasteiger partial charge in [0.1, 0.15) is 11.9 Å². The van der Waals surface area contributed by atoms with Gasteiger partial charge >= 0.3 is 0 Å². The Hall–Kier alpha value is -2.04. The third kappa shape index (κ3) is 3.05. The summed E-state index contributed by atoms with van der Waals surface area (Å²) in [7, 11) is 0. The number of halogens is 1. The van der Waals surface area contributed by atoms with Gasteiger partial charge in [0.15, 0.2) is 0 Å². The monoisotopic (exact) mass is 264 g/mol. The number of hydrogen-bond acceptors (Lipinski definition) is 5. The molecule has 1 aromatic carbocycles. The van der Waals surface area contributed by atoms with Crippen LogP contribution >= 0.6 is 0 Å². The molecular formula is C12H13FN4O2. The highest BCUT2D eigenvalue weighted by atomic mass is 19.1. The minimum atomic E-state index is -0.529. The van der Waals surface area contributed by atoms with Crippen molar-refractivity contribution in [3.05, 3.63) is 39.7 Å². The molecule has 0 radical (unpaired) electrons. The molecule has 1 unspecified atom stereocenters. The van der Waals surface area contributed by atoms with Gasteiger partial charge in [-0.2, -0.15) is 5.26 Å². The maximum absolute atomic E-state index is 13.2. The zero-order chi connectivity index (χ0) is 13.8. The molecule has 1 aliphatic heterocycles. The van der Waals surface area contributed by atoms with E-state index in [1.807, 2.05) is 4.90 Å². The Morgan fingerprint density at radius 3 is 3.11 bits per heavy atom. The van der Waals surface area contributed by atoms with Crippen molar-refractivity contribution in [2.24, 2.45) is 0 Å². The van der Waals surface area contributed by atoms with Crippen LogP contribution < -0.4 is 5.32 Å². The maximum atomic E-state index is 13.2. The summed E-state index contributed by atoms with van der Waals surface area (Å²) in [5.41, 5.74) is 0.184. The first-order valence-electron chi connectivity index (χ1n) is 5.89. The molecule has 6 nitrogen and oxygen atoms in total. The van der Waals surface area contributed by atoms with Crippen LogP contribution in [-0.2, 0) is 6.54 Å². The van der Waals surface area contributed by atoms with Crippen molar-refractivity contribution in [1.82, 2.24) is 10.2 Å². The standard InChI is InChI=1S/C12H13FN4O2/c13-10-1-2-12(17(18)19)9(5-10)8-16-4-3-15-7-11(16)6-14/h1-2,5,11,15H,3-4,7-8H2. The Labute approximate surface area is 109 Å². The number of nitrogens with one attached hydrogen (secondary N) is 1. The zero-order valence-corrected chi connectivity index (χ0v) is 10.2. The molecule has 2 rings (SSSR count). The van der Waals surface area contributed by atoms with E-state index in [9.17, 15) is 14.5 Å². The van der Waals surface area contributed by atoms with Gasteiger partial charge in [-0.15, -0.1) is 0 Å². The third-order valence-corrected chi connectivity index (χ3v) is 3.11. The van der Waals surface area contributed by atoms with Gasteiger partial charge in [0.25, 0.3) is 5.69 Å². The van der Waals surface area contributed by atoms with Crippen molar-refractivity contribution in [2.45, 2.75) is 12.6 Å². The molecule has 0 saturated carbocycles. The number of nitriles is 1. The van der Waals surface area contributed by atoms with Crippen molar-refractivity contribution in [3.63, 3.8) is 0 Å². The summed E-state index contributed by atoms with van der Waals surface area (Å²) in [6.45, 7) is 2.03. The van der Waals surface area contributed by atoms with E-state index in [0.717, 1.165) is 18.2 Å². The predicted octanol–water partition coefficient (Wildman–Crippen LogP) is 1.03. The quantitative estimate of drug-likeness (QED) is 0.651. The number of rotatable bonds is 3. The Morgan fingerprint density at radius 1 is 1.63 bits per heavy atom. The SMILES string of the molecule is N#CC1CNCCN1Cc1cc(F)ccc1[N+](=O)[O-]. The van der Waals surface area contributed by atoms with Crippen LogP contribution in [0.15, 0.2) is 18.2 Å². The minimum Gasteiger partial charge on any atom is -0.313 e. The Balaban J connectivity index is 2.24. The summed E-state index contributed by atoms with van der Waals surface area (Å²) < 4.78 is 13.2. The summed E-state index contributed by atoms with van der Waals surface area (Å²) in [4.78, 5) is 12.2. The van der Waals surface area contributed by atoms with Crippen molar-refractivity contribution < 1.29 is 9.31 Å². The van der Waals surface area contributed by atoms with Crippen LogP contribution in [0.4, 0.5) is 10.1 Å². The molecule has 100 valence electrons. The number of piperazine rings is 1. The van der Waals surface area contributed by atoms with Crippen LogP contribution in [-0.4, -0.2) is 35.5 Å². The fourth-order valence-corrected chi connectivity index (χ4v) is 2.14. The summed E-state index contributed by atoms with van der Waals surface area (Å²) in [6.07, 6.45) is 0. The maximum Gasteiger partial charge on any atom is 0.274 e. The highest BCUT2D eigenvalue weighted by molar-refractivity contribution is 5.40. The minimum absolute atomic E-state index is 0.114. The van der Waals surface area contributed by atoms with E-state index < -0.39 is 10.7 Å². The van der Waals surface area contributed by atoms with Gasteiger partial charge in [-0.25, -0.2) is 4.39 Å². The summed E-state index contributed by atoms with van der Waals surface area (Å²) in [5.74, 6) is -0.510. The largest absolute Gasteiger partial charge is 0.313 e. The molecular weight excluding hydrogens is 251 g/mol. The fourth-order valence-electron chi connectivity index (χ4n) is 2.14. The van der Waals surface area contributed by atoms with Crippen molar-refractivity contribution in [3.8, 4) is 6.07 Å². The van der Waals surface area contributed by atoms with Gasteiger partial charge in [-0.3, -0.25) is 15.0 Å². The lowest BCUT2D eigenvalue weighted by Crippen LogP contribution is -2.50. The van der Waals surface area contributed by atoms with E-state index in [1.54, 1.807) is 0 Å². The lowest BCUT2D eigenvalue weighted by molar-refractivity contribution is -0.385. The summed E-state index contributed by atoms with van der Waals surface area (Å²) in [5, 5.41) is 23.0. The van der Waals surface area contributed by atoms with E-state index in [4.69, 9.17) is 5.26 Å². The van der Waals surface area contributed by atoms with Gasteiger partial charge in [0.05, 0.1) is 11.0 Å². The van der Waals surface area contributed by atoms with Gasteiger partial charge < -0.3 is 5.32 Å². The van der Waals surface area contributed by atoms with E-state index in [2.05, 4.69) is 11.4 Å². The van der Waals surface area contributed by atoms with Crippen LogP contribution in [0.2, 0.25) is 0 Å². The Bertz CT molecular complexity index is 529. The van der Waals surface area contributed by atoms with Gasteiger partial charge in [0.2, 0.25) is 0 Å². The molecule has 1 heterocycles. The number of hydrogen-bond donors (Lipinski definition) is 1. The molecule has 1 aromatic rings. The second kappa shape index (κ2) is 5.73. The predicted molar refractivity (Wildman–Crippen MR) is 65.7 cm³/mol. The molecule has 1 atom stereocenters. The second-order valence-electron chi connectivity index (χ2n) is 4.35. The smallest absolute Gasteiger partial charge is 0.274 e. The van der Waals surface area contributed by atoms with Gasteiger partial charge in [-0.1, -0.05) is 0 Å². The molecule has 1 N–H and O–H groups in total. The van der Waals surface area contributed by atoms with E-state index in [-0.39, 0.29) is 18.3 Å². The number of nitro benzene ring substituents is 1. The van der Waals surface area contributed by atoms with Crippen LogP contribution in [0.5, 0.6) is 0 Å². The van der Waals surface area contributed by atoms with Crippen LogP contribution in [0.1, 0.15) is 5.56 Å². The molecule has 19 heavy (non-hydrogen) atoms. The lowest BCUT2D eigenvalue weighted by Gasteiger charge is -2.31. The molecule has 0 aromatic heterocycles. The van der Waals surface area contributed by atoms with Crippen molar-refractivity contribution >= 4 is 5.69 Å². The molecule has 1 fully saturated rings. The number of benzene rings is 1. The molecule has 0 bridgehead atoms. The van der Waals surface area contributed by atoms with E-state index in [1.165, 1.54) is 0 Å². The highest BCUT2D eigenvalue weighted by Gasteiger charge is 2.25. The van der Waals surface area contributed by atoms with Crippen LogP contribution in [0, 0.1) is 27.3 Å². The fraction of sp³-hybridized carbons (Fsp3) is 0.417. The van der Waals surface area contributed by atoms with Gasteiger partial charge in [0, 0.05) is 37.8 Å². The Morgan fingerprint density at radius 2 is 2.42 bits per heavy atom. The highest BCUT2D eigenvalue weighted by Crippen LogP contribution is 2.22. The molecule has 0 aliphatic carbocycles. The van der Waals surface area contributed by atoms with Crippen molar-refractivity contribution in [2.75, 3.05) is 19.6 Å². The first kappa shape index (κ1) is 13.4. The summed E-state index contributed by atoms with van der Waals surface area (Å²) >= 11 is 0. The summed E-state index contributed by atoms with van der Waals surface area (Å²) in [6, 6.07) is 5.18. The molecule has 1 aliphatic rings. The molecule has 0 amide bonds. The average Bonchev–Trinajstić information content (AvgIpc) is 2.39. The lowest BCUT2D eigenvalue weighted by atomic mass is 10.1. The Kier molecular flexibility index (Phi) is 4.04. The van der Waals surface area contributed by atoms with Crippen LogP contribution in [0.25, 0.3) is 0 Å². The molecule has 7 heteroatoms. The van der Waals surface area contributed by atoms with Crippen molar-refractivity contribution in [1.29, 1.82) is 5.26 Å². The average molecular weight is 264 g/mol. The first-order chi connectivity index (χ1) is 9.11. The number of nitrogens with zero attached hydrogens (tertiary/aromatic N) is 3. The van der Waals surface area contributed by atoms with E-state index in [0.29, 0.717) is 25.2 Å². The third-order valence-electron chi connectivity index (χ3n) is 3.11. The molecule has 0 spiro atoms.